The Balaban J connectivity index is 1.94. The lowest BCUT2D eigenvalue weighted by Crippen LogP contribution is -2.31. The first kappa shape index (κ1) is 14.4. The van der Waals surface area contributed by atoms with Crippen LogP contribution in [0.3, 0.4) is 0 Å². The minimum atomic E-state index is -0.185. The molecule has 0 aromatic heterocycles. The SMILES string of the molecule is CCN(CC)C(=O)c1ccc(NC(=O)NC2CC2)cc1. The lowest BCUT2D eigenvalue weighted by Gasteiger charge is -2.18. The zero-order valence-electron chi connectivity index (χ0n) is 12.0. The summed E-state index contributed by atoms with van der Waals surface area (Å²) in [4.78, 5) is 25.5. The molecule has 0 bridgehead atoms. The van der Waals surface area contributed by atoms with Gasteiger partial charge in [-0.15, -0.1) is 0 Å². The predicted molar refractivity (Wildman–Crippen MR) is 78.9 cm³/mol. The molecular formula is C15H21N3O2. The van der Waals surface area contributed by atoms with Crippen molar-refractivity contribution in [3.05, 3.63) is 29.8 Å². The summed E-state index contributed by atoms with van der Waals surface area (Å²) >= 11 is 0. The molecule has 5 nitrogen and oxygen atoms in total. The van der Waals surface area contributed by atoms with Crippen molar-refractivity contribution >= 4 is 17.6 Å². The van der Waals surface area contributed by atoms with Gasteiger partial charge in [0.05, 0.1) is 0 Å². The molecule has 1 aromatic rings. The lowest BCUT2D eigenvalue weighted by atomic mass is 10.2. The smallest absolute Gasteiger partial charge is 0.319 e. The number of nitrogens with zero attached hydrogens (tertiary/aromatic N) is 1. The monoisotopic (exact) mass is 275 g/mol. The minimum Gasteiger partial charge on any atom is -0.339 e. The molecule has 5 heteroatoms. The van der Waals surface area contributed by atoms with E-state index in [1.165, 1.54) is 0 Å². The minimum absolute atomic E-state index is 0.0176. The second-order valence-electron chi connectivity index (χ2n) is 4.93. The number of nitrogens with one attached hydrogen (secondary N) is 2. The highest BCUT2D eigenvalue weighted by Gasteiger charge is 2.23. The summed E-state index contributed by atoms with van der Waals surface area (Å²) in [5.74, 6) is 0.0176. The summed E-state index contributed by atoms with van der Waals surface area (Å²) in [5.41, 5.74) is 1.33. The zero-order chi connectivity index (χ0) is 14.5. The van der Waals surface area contributed by atoms with Crippen LogP contribution >= 0.6 is 0 Å². The van der Waals surface area contributed by atoms with E-state index in [1.807, 2.05) is 13.8 Å². The van der Waals surface area contributed by atoms with Gasteiger partial charge in [0.15, 0.2) is 0 Å². The van der Waals surface area contributed by atoms with Crippen LogP contribution in [-0.4, -0.2) is 36.0 Å². The highest BCUT2D eigenvalue weighted by atomic mass is 16.2. The Labute approximate surface area is 119 Å². The Morgan fingerprint density at radius 1 is 1.15 bits per heavy atom. The number of urea groups is 1. The number of rotatable bonds is 5. The Kier molecular flexibility index (Phi) is 4.61. The average Bonchev–Trinajstić information content (AvgIpc) is 3.24. The van der Waals surface area contributed by atoms with E-state index in [2.05, 4.69) is 10.6 Å². The third kappa shape index (κ3) is 3.73. The molecule has 1 saturated carbocycles. The lowest BCUT2D eigenvalue weighted by molar-refractivity contribution is 0.0773. The van der Waals surface area contributed by atoms with Crippen molar-refractivity contribution in [1.29, 1.82) is 0 Å². The quantitative estimate of drug-likeness (QED) is 0.867. The molecule has 108 valence electrons. The molecule has 0 atom stereocenters. The van der Waals surface area contributed by atoms with Crippen LogP contribution in [0, 0.1) is 0 Å². The van der Waals surface area contributed by atoms with E-state index in [0.29, 0.717) is 30.4 Å². The maximum absolute atomic E-state index is 12.1. The molecule has 0 spiro atoms. The van der Waals surface area contributed by atoms with Crippen LogP contribution in [0.15, 0.2) is 24.3 Å². The van der Waals surface area contributed by atoms with E-state index >= 15 is 0 Å². The summed E-state index contributed by atoms with van der Waals surface area (Å²) in [5, 5.41) is 5.61. The molecule has 0 unspecified atom stereocenters. The molecule has 1 fully saturated rings. The summed E-state index contributed by atoms with van der Waals surface area (Å²) in [6.45, 7) is 5.30. The van der Waals surface area contributed by atoms with Crippen LogP contribution in [0.25, 0.3) is 0 Å². The topological polar surface area (TPSA) is 61.4 Å². The molecule has 1 aliphatic rings. The van der Waals surface area contributed by atoms with Crippen molar-refractivity contribution in [2.75, 3.05) is 18.4 Å². The number of amides is 3. The zero-order valence-corrected chi connectivity index (χ0v) is 12.0. The maximum atomic E-state index is 12.1. The molecule has 3 amide bonds. The van der Waals surface area contributed by atoms with Gasteiger partial charge in [-0.05, 0) is 51.0 Å². The first-order chi connectivity index (χ1) is 9.63. The van der Waals surface area contributed by atoms with E-state index in [1.54, 1.807) is 29.2 Å². The second kappa shape index (κ2) is 6.41. The average molecular weight is 275 g/mol. The van der Waals surface area contributed by atoms with Crippen molar-refractivity contribution in [2.24, 2.45) is 0 Å². The van der Waals surface area contributed by atoms with Gasteiger partial charge < -0.3 is 15.5 Å². The van der Waals surface area contributed by atoms with Gasteiger partial charge in [-0.2, -0.15) is 0 Å². The molecule has 1 aromatic carbocycles. The summed E-state index contributed by atoms with van der Waals surface area (Å²) in [7, 11) is 0. The third-order valence-electron chi connectivity index (χ3n) is 3.35. The van der Waals surface area contributed by atoms with Gasteiger partial charge in [-0.25, -0.2) is 4.79 Å². The number of benzene rings is 1. The molecule has 20 heavy (non-hydrogen) atoms. The highest BCUT2D eigenvalue weighted by molar-refractivity contribution is 5.95. The first-order valence-corrected chi connectivity index (χ1v) is 7.11. The fraction of sp³-hybridized carbons (Fsp3) is 0.467. The number of hydrogen-bond acceptors (Lipinski definition) is 2. The highest BCUT2D eigenvalue weighted by Crippen LogP contribution is 2.19. The van der Waals surface area contributed by atoms with E-state index in [9.17, 15) is 9.59 Å². The fourth-order valence-electron chi connectivity index (χ4n) is 1.97. The molecule has 2 rings (SSSR count). The van der Waals surface area contributed by atoms with Crippen molar-refractivity contribution in [1.82, 2.24) is 10.2 Å². The van der Waals surface area contributed by atoms with Crippen LogP contribution in [0.4, 0.5) is 10.5 Å². The van der Waals surface area contributed by atoms with Gasteiger partial charge in [0, 0.05) is 30.4 Å². The summed E-state index contributed by atoms with van der Waals surface area (Å²) in [6.07, 6.45) is 2.12. The van der Waals surface area contributed by atoms with Crippen molar-refractivity contribution in [3.8, 4) is 0 Å². The molecule has 0 saturated heterocycles. The van der Waals surface area contributed by atoms with Gasteiger partial charge in [0.2, 0.25) is 0 Å². The van der Waals surface area contributed by atoms with Crippen molar-refractivity contribution in [2.45, 2.75) is 32.7 Å². The Hall–Kier alpha value is -2.04. The van der Waals surface area contributed by atoms with Crippen LogP contribution in [0.2, 0.25) is 0 Å². The molecular weight excluding hydrogens is 254 g/mol. The van der Waals surface area contributed by atoms with Gasteiger partial charge >= 0.3 is 6.03 Å². The molecule has 0 radical (unpaired) electrons. The van der Waals surface area contributed by atoms with Crippen LogP contribution in [0.5, 0.6) is 0 Å². The van der Waals surface area contributed by atoms with E-state index in [0.717, 1.165) is 12.8 Å². The fourth-order valence-corrected chi connectivity index (χ4v) is 1.97. The van der Waals surface area contributed by atoms with Crippen LogP contribution in [0.1, 0.15) is 37.0 Å². The number of carbonyl (C=O) groups excluding carboxylic acids is 2. The molecule has 2 N–H and O–H groups in total. The maximum Gasteiger partial charge on any atom is 0.319 e. The molecule has 0 aliphatic heterocycles. The van der Waals surface area contributed by atoms with Crippen molar-refractivity contribution < 1.29 is 9.59 Å². The van der Waals surface area contributed by atoms with Crippen LogP contribution < -0.4 is 10.6 Å². The van der Waals surface area contributed by atoms with Gasteiger partial charge in [0.1, 0.15) is 0 Å². The number of hydrogen-bond donors (Lipinski definition) is 2. The van der Waals surface area contributed by atoms with Crippen molar-refractivity contribution in [3.63, 3.8) is 0 Å². The summed E-state index contributed by atoms with van der Waals surface area (Å²) < 4.78 is 0. The second-order valence-corrected chi connectivity index (χ2v) is 4.93. The van der Waals surface area contributed by atoms with E-state index < -0.39 is 0 Å². The van der Waals surface area contributed by atoms with Gasteiger partial charge in [-0.3, -0.25) is 4.79 Å². The third-order valence-corrected chi connectivity index (χ3v) is 3.35. The Morgan fingerprint density at radius 2 is 1.75 bits per heavy atom. The predicted octanol–water partition coefficient (Wildman–Crippen LogP) is 2.45. The molecule has 1 aliphatic carbocycles. The first-order valence-electron chi connectivity index (χ1n) is 7.11. The van der Waals surface area contributed by atoms with E-state index in [4.69, 9.17) is 0 Å². The largest absolute Gasteiger partial charge is 0.339 e. The standard InChI is InChI=1S/C15H21N3O2/c1-3-18(4-2)14(19)11-5-7-12(8-6-11)16-15(20)17-13-9-10-13/h5-8,13H,3-4,9-10H2,1-2H3,(H2,16,17,20). The Morgan fingerprint density at radius 3 is 2.25 bits per heavy atom. The summed E-state index contributed by atoms with van der Waals surface area (Å²) in [6, 6.07) is 7.14. The number of carbonyl (C=O) groups is 2. The Bertz CT molecular complexity index is 476. The van der Waals surface area contributed by atoms with Crippen LogP contribution in [-0.2, 0) is 0 Å². The normalized spacial score (nSPS) is 13.7. The van der Waals surface area contributed by atoms with Gasteiger partial charge in [0.25, 0.3) is 5.91 Å². The number of anilines is 1. The molecule has 0 heterocycles. The van der Waals surface area contributed by atoms with E-state index in [-0.39, 0.29) is 11.9 Å². The van der Waals surface area contributed by atoms with Gasteiger partial charge in [-0.1, -0.05) is 0 Å².